The highest BCUT2D eigenvalue weighted by atomic mass is 32.2. The molecule has 1 aliphatic rings. The Labute approximate surface area is 167 Å². The van der Waals surface area contributed by atoms with E-state index in [0.29, 0.717) is 30.2 Å². The fourth-order valence-corrected chi connectivity index (χ4v) is 4.10. The normalized spacial score (nSPS) is 14.0. The quantitative estimate of drug-likeness (QED) is 0.658. The molecule has 3 aromatic rings. The number of hydrogen-bond donors (Lipinski definition) is 2. The van der Waals surface area contributed by atoms with E-state index < -0.39 is 15.9 Å². The average Bonchev–Trinajstić information content (AvgIpc) is 2.94. The maximum atomic E-state index is 12.9. The second-order valence-corrected chi connectivity index (χ2v) is 8.62. The minimum atomic E-state index is -3.89. The van der Waals surface area contributed by atoms with Crippen molar-refractivity contribution < 1.29 is 22.7 Å². The summed E-state index contributed by atoms with van der Waals surface area (Å²) in [4.78, 5) is 19.6. The van der Waals surface area contributed by atoms with Crippen molar-refractivity contribution in [2.75, 3.05) is 32.1 Å². The number of nitrogens with one attached hydrogen (secondary N) is 2. The summed E-state index contributed by atoms with van der Waals surface area (Å²) in [6, 6.07) is 11.8. The number of para-hydroxylation sites is 2. The molecule has 1 aliphatic heterocycles. The first-order valence-electron chi connectivity index (χ1n) is 9.04. The van der Waals surface area contributed by atoms with Crippen molar-refractivity contribution in [3.05, 3.63) is 42.5 Å². The third-order valence-corrected chi connectivity index (χ3v) is 6.24. The number of imidazole rings is 1. The van der Waals surface area contributed by atoms with Gasteiger partial charge in [-0.3, -0.25) is 10.1 Å². The average molecular weight is 416 g/mol. The number of aromatic nitrogens is 2. The van der Waals surface area contributed by atoms with Gasteiger partial charge < -0.3 is 14.5 Å². The predicted molar refractivity (Wildman–Crippen MR) is 107 cm³/mol. The molecule has 2 N–H and O–H groups in total. The van der Waals surface area contributed by atoms with Crippen LogP contribution in [0.4, 0.5) is 5.95 Å². The third kappa shape index (κ3) is 4.03. The van der Waals surface area contributed by atoms with Crippen molar-refractivity contribution in [2.24, 2.45) is 0 Å². The van der Waals surface area contributed by atoms with Gasteiger partial charge in [0.2, 0.25) is 21.9 Å². The first-order valence-corrected chi connectivity index (χ1v) is 10.5. The number of anilines is 1. The summed E-state index contributed by atoms with van der Waals surface area (Å²) in [6.07, 6.45) is 0.721. The number of amides is 1. The molecular weight excluding hydrogens is 396 g/mol. The highest BCUT2D eigenvalue weighted by Gasteiger charge is 2.25. The van der Waals surface area contributed by atoms with E-state index in [1.54, 1.807) is 6.07 Å². The Bertz CT molecular complexity index is 1130. The molecule has 29 heavy (non-hydrogen) atoms. The Hall–Kier alpha value is -3.11. The lowest BCUT2D eigenvalue weighted by atomic mass is 10.3. The molecule has 2 heterocycles. The number of ether oxygens (including phenoxy) is 2. The van der Waals surface area contributed by atoms with E-state index in [9.17, 15) is 13.2 Å². The van der Waals surface area contributed by atoms with Crippen LogP contribution in [0.2, 0.25) is 0 Å². The Morgan fingerprint density at radius 2 is 1.93 bits per heavy atom. The lowest BCUT2D eigenvalue weighted by Crippen LogP contribution is -2.35. The minimum absolute atomic E-state index is 0.0285. The van der Waals surface area contributed by atoms with E-state index in [2.05, 4.69) is 15.3 Å². The van der Waals surface area contributed by atoms with Gasteiger partial charge in [0.15, 0.2) is 11.5 Å². The van der Waals surface area contributed by atoms with Crippen molar-refractivity contribution in [1.29, 1.82) is 0 Å². The van der Waals surface area contributed by atoms with E-state index in [4.69, 9.17) is 9.47 Å². The maximum absolute atomic E-state index is 12.9. The zero-order chi connectivity index (χ0) is 20.4. The van der Waals surface area contributed by atoms with Gasteiger partial charge in [0.05, 0.1) is 35.7 Å². The fraction of sp³-hybridized carbons (Fsp3) is 0.263. The van der Waals surface area contributed by atoms with Gasteiger partial charge in [-0.05, 0) is 24.3 Å². The van der Waals surface area contributed by atoms with Crippen LogP contribution in [-0.4, -0.2) is 55.4 Å². The number of fused-ring (bicyclic) bond motifs is 2. The lowest BCUT2D eigenvalue weighted by Gasteiger charge is -2.17. The minimum Gasteiger partial charge on any atom is -0.490 e. The lowest BCUT2D eigenvalue weighted by molar-refractivity contribution is -0.116. The van der Waals surface area contributed by atoms with Crippen LogP contribution in [0.1, 0.15) is 6.42 Å². The summed E-state index contributed by atoms with van der Waals surface area (Å²) >= 11 is 0. The monoisotopic (exact) mass is 416 g/mol. The standard InChI is InChI=1S/C19H20N4O5S/c1-23(12-18(24)22-19-20-14-5-2-3-6-15(14)21-19)29(25,26)13-7-8-16-17(11-13)28-10-4-9-27-16/h2-3,5-8,11H,4,9-10,12H2,1H3,(H2,20,21,22,24). The highest BCUT2D eigenvalue weighted by molar-refractivity contribution is 7.89. The van der Waals surface area contributed by atoms with E-state index >= 15 is 0 Å². The second-order valence-electron chi connectivity index (χ2n) is 6.57. The van der Waals surface area contributed by atoms with E-state index in [1.807, 2.05) is 24.3 Å². The predicted octanol–water partition coefficient (Wildman–Crippen LogP) is 1.98. The topological polar surface area (TPSA) is 114 Å². The summed E-state index contributed by atoms with van der Waals surface area (Å²) in [7, 11) is -2.55. The summed E-state index contributed by atoms with van der Waals surface area (Å²) in [6.45, 7) is 0.598. The van der Waals surface area contributed by atoms with Crippen molar-refractivity contribution in [2.45, 2.75) is 11.3 Å². The number of nitrogens with zero attached hydrogens (tertiary/aromatic N) is 2. The number of rotatable bonds is 5. The number of sulfonamides is 1. The summed E-state index contributed by atoms with van der Waals surface area (Å²) in [5.41, 5.74) is 1.48. The van der Waals surface area contributed by atoms with Gasteiger partial charge in [0.25, 0.3) is 0 Å². The summed E-state index contributed by atoms with van der Waals surface area (Å²) < 4.78 is 37.8. The molecule has 0 unspecified atom stereocenters. The molecule has 0 spiro atoms. The number of carbonyl (C=O) groups is 1. The zero-order valence-electron chi connectivity index (χ0n) is 15.7. The fourth-order valence-electron chi connectivity index (χ4n) is 2.95. The summed E-state index contributed by atoms with van der Waals surface area (Å²) in [5.74, 6) is 0.637. The Morgan fingerprint density at radius 3 is 2.72 bits per heavy atom. The zero-order valence-corrected chi connectivity index (χ0v) is 16.5. The molecule has 1 amide bonds. The number of carbonyl (C=O) groups excluding carboxylic acids is 1. The molecule has 9 nitrogen and oxygen atoms in total. The third-order valence-electron chi connectivity index (χ3n) is 4.44. The van der Waals surface area contributed by atoms with Gasteiger partial charge in [-0.2, -0.15) is 4.31 Å². The molecule has 0 bridgehead atoms. The largest absolute Gasteiger partial charge is 0.490 e. The summed E-state index contributed by atoms with van der Waals surface area (Å²) in [5, 5.41) is 2.59. The smallest absolute Gasteiger partial charge is 0.243 e. The molecule has 0 aliphatic carbocycles. The van der Waals surface area contributed by atoms with Crippen LogP contribution < -0.4 is 14.8 Å². The molecule has 0 saturated heterocycles. The van der Waals surface area contributed by atoms with Crippen LogP contribution in [0.25, 0.3) is 11.0 Å². The van der Waals surface area contributed by atoms with Crippen LogP contribution in [0, 0.1) is 0 Å². The molecule has 1 aromatic heterocycles. The van der Waals surface area contributed by atoms with E-state index in [0.717, 1.165) is 16.2 Å². The SMILES string of the molecule is CN(CC(=O)Nc1nc2ccccc2[nH]1)S(=O)(=O)c1ccc2c(c1)OCCCO2. The molecule has 10 heteroatoms. The molecular formula is C19H20N4O5S. The van der Waals surface area contributed by atoms with Crippen molar-refractivity contribution in [3.63, 3.8) is 0 Å². The molecule has 0 saturated carbocycles. The maximum Gasteiger partial charge on any atom is 0.243 e. The number of aromatic amines is 1. The first-order chi connectivity index (χ1) is 13.9. The van der Waals surface area contributed by atoms with Gasteiger partial charge >= 0.3 is 0 Å². The van der Waals surface area contributed by atoms with Gasteiger partial charge in [-0.15, -0.1) is 0 Å². The van der Waals surface area contributed by atoms with Crippen molar-refractivity contribution >= 4 is 32.9 Å². The highest BCUT2D eigenvalue weighted by Crippen LogP contribution is 2.32. The number of likely N-dealkylation sites (N-methyl/N-ethyl adjacent to an activating group) is 1. The van der Waals surface area contributed by atoms with Crippen molar-refractivity contribution in [1.82, 2.24) is 14.3 Å². The first kappa shape index (κ1) is 19.2. The van der Waals surface area contributed by atoms with Crippen LogP contribution >= 0.6 is 0 Å². The van der Waals surface area contributed by atoms with Gasteiger partial charge in [-0.1, -0.05) is 12.1 Å². The van der Waals surface area contributed by atoms with Gasteiger partial charge in [0, 0.05) is 19.5 Å². The van der Waals surface area contributed by atoms with Gasteiger partial charge in [0.1, 0.15) is 0 Å². The van der Waals surface area contributed by atoms with E-state index in [1.165, 1.54) is 19.2 Å². The van der Waals surface area contributed by atoms with Gasteiger partial charge in [-0.25, -0.2) is 13.4 Å². The van der Waals surface area contributed by atoms with Crippen LogP contribution in [0.3, 0.4) is 0 Å². The Kier molecular flexibility index (Phi) is 5.12. The number of benzene rings is 2. The molecule has 4 rings (SSSR count). The van der Waals surface area contributed by atoms with Crippen LogP contribution in [-0.2, 0) is 14.8 Å². The van der Waals surface area contributed by atoms with E-state index in [-0.39, 0.29) is 17.4 Å². The van der Waals surface area contributed by atoms with Crippen LogP contribution in [0.5, 0.6) is 11.5 Å². The van der Waals surface area contributed by atoms with Crippen molar-refractivity contribution in [3.8, 4) is 11.5 Å². The number of H-pyrrole nitrogens is 1. The molecule has 0 radical (unpaired) electrons. The van der Waals surface area contributed by atoms with Crippen LogP contribution in [0.15, 0.2) is 47.4 Å². The second kappa shape index (κ2) is 7.72. The Morgan fingerprint density at radius 1 is 1.17 bits per heavy atom. The number of hydrogen-bond acceptors (Lipinski definition) is 6. The molecule has 152 valence electrons. The Balaban J connectivity index is 1.47. The molecule has 2 aromatic carbocycles. The molecule has 0 fully saturated rings. The molecule has 0 atom stereocenters.